The molecule has 0 saturated heterocycles. The van der Waals surface area contributed by atoms with Gasteiger partial charge in [-0.2, -0.15) is 9.78 Å². The van der Waals surface area contributed by atoms with Crippen molar-refractivity contribution in [3.05, 3.63) is 71.7 Å². The van der Waals surface area contributed by atoms with E-state index in [9.17, 15) is 9.59 Å². The van der Waals surface area contributed by atoms with Gasteiger partial charge in [0, 0.05) is 42.6 Å². The summed E-state index contributed by atoms with van der Waals surface area (Å²) in [5.41, 5.74) is 1.95. The van der Waals surface area contributed by atoms with Crippen molar-refractivity contribution in [3.63, 3.8) is 0 Å². The Labute approximate surface area is 175 Å². The van der Waals surface area contributed by atoms with Crippen molar-refractivity contribution in [1.29, 1.82) is 0 Å². The van der Waals surface area contributed by atoms with Crippen molar-refractivity contribution in [2.45, 2.75) is 26.2 Å². The lowest BCUT2D eigenvalue weighted by atomic mass is 9.92. The van der Waals surface area contributed by atoms with Crippen molar-refractivity contribution in [2.24, 2.45) is 0 Å². The number of nitrogens with zero attached hydrogens (tertiary/aromatic N) is 4. The number of carbonyl (C=O) groups is 2. The van der Waals surface area contributed by atoms with Crippen molar-refractivity contribution >= 4 is 23.7 Å². The fourth-order valence-electron chi connectivity index (χ4n) is 2.62. The first-order valence-corrected chi connectivity index (χ1v) is 9.47. The maximum Gasteiger partial charge on any atom is 0.252 e. The standard InChI is InChI=1S/C22H24N6O2/c1-22(2,3)17-14-18(28(27-17)21-24-12-5-13-25-21)26-19(29)11-8-15-6-9-16(10-7-15)20(30)23-4/h5-14H,1-4H3,(H,23,30)(H,26,29)/b11-8+. The van der Waals surface area contributed by atoms with Crippen LogP contribution in [0, 0.1) is 0 Å². The van der Waals surface area contributed by atoms with E-state index >= 15 is 0 Å². The van der Waals surface area contributed by atoms with Gasteiger partial charge in [-0.1, -0.05) is 32.9 Å². The molecule has 0 radical (unpaired) electrons. The smallest absolute Gasteiger partial charge is 0.252 e. The minimum absolute atomic E-state index is 0.158. The molecule has 2 amide bonds. The molecule has 0 fully saturated rings. The highest BCUT2D eigenvalue weighted by Gasteiger charge is 2.22. The lowest BCUT2D eigenvalue weighted by molar-refractivity contribution is -0.111. The SMILES string of the molecule is CNC(=O)c1ccc(/C=C/C(=O)Nc2cc(C(C)(C)C)nn2-c2ncccn2)cc1. The highest BCUT2D eigenvalue weighted by atomic mass is 16.2. The van der Waals surface area contributed by atoms with Gasteiger partial charge >= 0.3 is 0 Å². The van der Waals surface area contributed by atoms with E-state index < -0.39 is 0 Å². The average Bonchev–Trinajstić information content (AvgIpc) is 3.17. The molecular formula is C22H24N6O2. The Bertz CT molecular complexity index is 1060. The fourth-order valence-corrected chi connectivity index (χ4v) is 2.62. The van der Waals surface area contributed by atoms with Crippen LogP contribution in [-0.4, -0.2) is 38.6 Å². The van der Waals surface area contributed by atoms with Crippen LogP contribution in [0.4, 0.5) is 5.82 Å². The molecule has 3 aromatic rings. The van der Waals surface area contributed by atoms with Gasteiger partial charge in [-0.3, -0.25) is 9.59 Å². The molecule has 0 bridgehead atoms. The normalized spacial score (nSPS) is 11.5. The van der Waals surface area contributed by atoms with Gasteiger partial charge in [-0.15, -0.1) is 0 Å². The zero-order valence-corrected chi connectivity index (χ0v) is 17.4. The molecule has 30 heavy (non-hydrogen) atoms. The van der Waals surface area contributed by atoms with Crippen molar-refractivity contribution < 1.29 is 9.59 Å². The summed E-state index contributed by atoms with van der Waals surface area (Å²) in [7, 11) is 1.58. The zero-order chi connectivity index (χ0) is 21.7. The molecule has 8 heteroatoms. The van der Waals surface area contributed by atoms with Crippen LogP contribution in [-0.2, 0) is 10.2 Å². The lowest BCUT2D eigenvalue weighted by Crippen LogP contribution is -2.17. The fraction of sp³-hybridized carbons (Fsp3) is 0.227. The van der Waals surface area contributed by atoms with E-state index in [4.69, 9.17) is 0 Å². The third-order valence-corrected chi connectivity index (χ3v) is 4.30. The Hall–Kier alpha value is -3.81. The summed E-state index contributed by atoms with van der Waals surface area (Å²) >= 11 is 0. The molecule has 1 aromatic carbocycles. The van der Waals surface area contributed by atoms with Crippen LogP contribution in [0.3, 0.4) is 0 Å². The second kappa shape index (κ2) is 8.69. The lowest BCUT2D eigenvalue weighted by Gasteiger charge is -2.13. The van der Waals surface area contributed by atoms with Crippen LogP contribution >= 0.6 is 0 Å². The van der Waals surface area contributed by atoms with Gasteiger partial charge in [0.05, 0.1) is 5.69 Å². The molecule has 0 unspecified atom stereocenters. The Kier molecular flexibility index (Phi) is 6.06. The van der Waals surface area contributed by atoms with Gasteiger partial charge in [0.25, 0.3) is 11.9 Å². The number of carbonyl (C=O) groups excluding carboxylic acids is 2. The predicted octanol–water partition coefficient (Wildman–Crippen LogP) is 2.97. The van der Waals surface area contributed by atoms with Crippen LogP contribution in [0.5, 0.6) is 0 Å². The zero-order valence-electron chi connectivity index (χ0n) is 17.4. The van der Waals surface area contributed by atoms with Gasteiger partial charge in [0.15, 0.2) is 0 Å². The molecule has 8 nitrogen and oxygen atoms in total. The Morgan fingerprint density at radius 2 is 1.73 bits per heavy atom. The number of nitrogens with one attached hydrogen (secondary N) is 2. The van der Waals surface area contributed by atoms with E-state index in [1.54, 1.807) is 55.8 Å². The van der Waals surface area contributed by atoms with Crippen LogP contribution in [0.15, 0.2) is 54.9 Å². The number of hydrogen-bond donors (Lipinski definition) is 2. The van der Waals surface area contributed by atoms with E-state index in [2.05, 4.69) is 25.7 Å². The number of rotatable bonds is 5. The average molecular weight is 404 g/mol. The highest BCUT2D eigenvalue weighted by molar-refractivity contribution is 6.01. The first-order valence-electron chi connectivity index (χ1n) is 9.47. The summed E-state index contributed by atoms with van der Waals surface area (Å²) in [6.07, 6.45) is 6.34. The van der Waals surface area contributed by atoms with E-state index in [0.717, 1.165) is 11.3 Å². The van der Waals surface area contributed by atoms with E-state index in [1.165, 1.54) is 10.8 Å². The molecule has 2 heterocycles. The molecule has 0 atom stereocenters. The molecule has 0 aliphatic carbocycles. The number of anilines is 1. The van der Waals surface area contributed by atoms with E-state index in [1.807, 2.05) is 26.8 Å². The molecule has 0 spiro atoms. The van der Waals surface area contributed by atoms with Crippen LogP contribution in [0.1, 0.15) is 42.4 Å². The van der Waals surface area contributed by atoms with Gasteiger partial charge in [-0.25, -0.2) is 9.97 Å². The summed E-state index contributed by atoms with van der Waals surface area (Å²) in [5.74, 6) is 0.380. The largest absolute Gasteiger partial charge is 0.355 e. The molecule has 2 aromatic heterocycles. The first-order chi connectivity index (χ1) is 14.3. The molecule has 0 saturated carbocycles. The third kappa shape index (κ3) is 4.96. The van der Waals surface area contributed by atoms with E-state index in [0.29, 0.717) is 17.3 Å². The topological polar surface area (TPSA) is 102 Å². The van der Waals surface area contributed by atoms with Crippen LogP contribution < -0.4 is 10.6 Å². The number of benzene rings is 1. The molecule has 0 aliphatic rings. The highest BCUT2D eigenvalue weighted by Crippen LogP contribution is 2.25. The van der Waals surface area contributed by atoms with Crippen molar-refractivity contribution in [3.8, 4) is 5.95 Å². The number of aromatic nitrogens is 4. The van der Waals surface area contributed by atoms with Crippen LogP contribution in [0.2, 0.25) is 0 Å². The molecule has 0 aliphatic heterocycles. The maximum atomic E-state index is 12.5. The quantitative estimate of drug-likeness (QED) is 0.637. The number of hydrogen-bond acceptors (Lipinski definition) is 5. The van der Waals surface area contributed by atoms with Crippen LogP contribution in [0.25, 0.3) is 12.0 Å². The first kappa shape index (κ1) is 20.9. The monoisotopic (exact) mass is 404 g/mol. The van der Waals surface area contributed by atoms with Gasteiger partial charge in [0.2, 0.25) is 5.91 Å². The third-order valence-electron chi connectivity index (χ3n) is 4.30. The Morgan fingerprint density at radius 3 is 2.33 bits per heavy atom. The Morgan fingerprint density at radius 1 is 1.07 bits per heavy atom. The minimum Gasteiger partial charge on any atom is -0.355 e. The summed E-state index contributed by atoms with van der Waals surface area (Å²) < 4.78 is 1.52. The summed E-state index contributed by atoms with van der Waals surface area (Å²) in [6.45, 7) is 6.12. The summed E-state index contributed by atoms with van der Waals surface area (Å²) in [4.78, 5) is 32.6. The second-order valence-electron chi connectivity index (χ2n) is 7.65. The van der Waals surface area contributed by atoms with Gasteiger partial charge < -0.3 is 10.6 Å². The summed E-state index contributed by atoms with van der Waals surface area (Å²) in [5, 5.41) is 9.98. The minimum atomic E-state index is -0.317. The van der Waals surface area contributed by atoms with Gasteiger partial charge in [-0.05, 0) is 29.8 Å². The molecule has 154 valence electrons. The number of amides is 2. The van der Waals surface area contributed by atoms with Crippen molar-refractivity contribution in [1.82, 2.24) is 25.1 Å². The Balaban J connectivity index is 1.80. The predicted molar refractivity (Wildman–Crippen MR) is 115 cm³/mol. The van der Waals surface area contributed by atoms with Gasteiger partial charge in [0.1, 0.15) is 5.82 Å². The van der Waals surface area contributed by atoms with E-state index in [-0.39, 0.29) is 17.2 Å². The van der Waals surface area contributed by atoms with Crippen molar-refractivity contribution in [2.75, 3.05) is 12.4 Å². The molecule has 2 N–H and O–H groups in total. The molecular weight excluding hydrogens is 380 g/mol. The maximum absolute atomic E-state index is 12.5. The second-order valence-corrected chi connectivity index (χ2v) is 7.65. The summed E-state index contributed by atoms with van der Waals surface area (Å²) in [6, 6.07) is 10.5. The molecule has 3 rings (SSSR count).